The van der Waals surface area contributed by atoms with Crippen molar-refractivity contribution in [2.45, 2.75) is 32.1 Å². The maximum atomic E-state index is 11.5. The van der Waals surface area contributed by atoms with Gasteiger partial charge in [0.1, 0.15) is 0 Å². The minimum atomic E-state index is 0.0615. The number of carbonyl (C=O) groups is 1. The molecule has 1 aliphatic rings. The van der Waals surface area contributed by atoms with Gasteiger partial charge in [-0.3, -0.25) is 9.79 Å². The normalized spacial score (nSPS) is 15.5. The maximum Gasteiger partial charge on any atom is 0.223 e. The minimum absolute atomic E-state index is 0.0615. The van der Waals surface area contributed by atoms with E-state index in [1.807, 2.05) is 0 Å². The molecular weight excluding hydrogens is 296 g/mol. The van der Waals surface area contributed by atoms with Crippen LogP contribution in [0.2, 0.25) is 0 Å². The fourth-order valence-electron chi connectivity index (χ4n) is 2.13. The summed E-state index contributed by atoms with van der Waals surface area (Å²) < 4.78 is 0. The summed E-state index contributed by atoms with van der Waals surface area (Å²) >= 11 is 1.77. The number of nitrogens with zero attached hydrogens (tertiary/aromatic N) is 1. The van der Waals surface area contributed by atoms with Gasteiger partial charge in [0.25, 0.3) is 0 Å². The van der Waals surface area contributed by atoms with Gasteiger partial charge in [0.2, 0.25) is 5.91 Å². The predicted molar refractivity (Wildman–Crippen MR) is 92.4 cm³/mol. The summed E-state index contributed by atoms with van der Waals surface area (Å²) in [6.07, 6.45) is 2.08. The van der Waals surface area contributed by atoms with E-state index >= 15 is 0 Å². The molecule has 1 saturated carbocycles. The summed E-state index contributed by atoms with van der Waals surface area (Å²) in [7, 11) is 1.76. The lowest BCUT2D eigenvalue weighted by molar-refractivity contribution is -0.122. The smallest absolute Gasteiger partial charge is 0.223 e. The molecule has 0 aromatic carbocycles. The number of rotatable bonds is 7. The van der Waals surface area contributed by atoms with Gasteiger partial charge in [-0.1, -0.05) is 19.9 Å². The highest BCUT2D eigenvalue weighted by atomic mass is 32.1. The Morgan fingerprint density at radius 3 is 2.64 bits per heavy atom. The summed E-state index contributed by atoms with van der Waals surface area (Å²) in [4.78, 5) is 17.1. The van der Waals surface area contributed by atoms with Crippen molar-refractivity contribution in [1.29, 1.82) is 0 Å². The lowest BCUT2D eigenvalue weighted by Crippen LogP contribution is -2.45. The third-order valence-electron chi connectivity index (χ3n) is 3.77. The van der Waals surface area contributed by atoms with Crippen LogP contribution in [0, 0.1) is 5.92 Å². The number of thiophene rings is 1. The number of nitrogens with one attached hydrogen (secondary N) is 3. The van der Waals surface area contributed by atoms with Gasteiger partial charge in [0.15, 0.2) is 5.96 Å². The lowest BCUT2D eigenvalue weighted by Gasteiger charge is -2.25. The molecule has 1 fully saturated rings. The Morgan fingerprint density at radius 1 is 1.32 bits per heavy atom. The predicted octanol–water partition coefficient (Wildman–Crippen LogP) is 1.72. The molecule has 0 unspecified atom stereocenters. The van der Waals surface area contributed by atoms with Crippen LogP contribution in [0.1, 0.15) is 31.6 Å². The van der Waals surface area contributed by atoms with Crippen LogP contribution in [0.4, 0.5) is 0 Å². The van der Waals surface area contributed by atoms with Crippen molar-refractivity contribution in [3.8, 4) is 0 Å². The van der Waals surface area contributed by atoms with E-state index in [-0.39, 0.29) is 17.2 Å². The third kappa shape index (κ3) is 5.02. The number of aliphatic imine (C=N–C) groups is 1. The van der Waals surface area contributed by atoms with E-state index in [1.165, 1.54) is 4.88 Å². The molecule has 0 atom stereocenters. The first-order valence-corrected chi connectivity index (χ1v) is 8.67. The molecule has 0 spiro atoms. The first kappa shape index (κ1) is 16.8. The summed E-state index contributed by atoms with van der Waals surface area (Å²) in [6, 6.07) is 4.24. The lowest BCUT2D eigenvalue weighted by atomic mass is 9.91. The van der Waals surface area contributed by atoms with E-state index in [2.05, 4.69) is 52.3 Å². The first-order chi connectivity index (χ1) is 10.5. The molecule has 1 amide bonds. The van der Waals surface area contributed by atoms with Crippen molar-refractivity contribution < 1.29 is 4.79 Å². The molecule has 122 valence electrons. The average molecular weight is 322 g/mol. The van der Waals surface area contributed by atoms with Crippen molar-refractivity contribution in [3.63, 3.8) is 0 Å². The molecule has 1 aliphatic carbocycles. The Hall–Kier alpha value is -1.56. The van der Waals surface area contributed by atoms with Crippen LogP contribution in [0.3, 0.4) is 0 Å². The SMILES string of the molecule is CN=C(NCCNC(=O)C1CC1)NCC(C)(C)c1cccs1. The van der Waals surface area contributed by atoms with Crippen LogP contribution >= 0.6 is 11.3 Å². The molecule has 1 aromatic rings. The summed E-state index contributed by atoms with van der Waals surface area (Å²) in [5, 5.41) is 11.6. The highest BCUT2D eigenvalue weighted by molar-refractivity contribution is 7.10. The van der Waals surface area contributed by atoms with Crippen molar-refractivity contribution >= 4 is 23.2 Å². The number of guanidine groups is 1. The van der Waals surface area contributed by atoms with E-state index < -0.39 is 0 Å². The Morgan fingerprint density at radius 2 is 2.05 bits per heavy atom. The number of hydrogen-bond donors (Lipinski definition) is 3. The minimum Gasteiger partial charge on any atom is -0.356 e. The molecule has 0 saturated heterocycles. The van der Waals surface area contributed by atoms with E-state index in [0.717, 1.165) is 25.3 Å². The molecule has 5 nitrogen and oxygen atoms in total. The van der Waals surface area contributed by atoms with Gasteiger partial charge in [0.05, 0.1) is 0 Å². The quantitative estimate of drug-likeness (QED) is 0.407. The van der Waals surface area contributed by atoms with Crippen LogP contribution < -0.4 is 16.0 Å². The Kier molecular flexibility index (Phi) is 5.83. The molecule has 1 heterocycles. The highest BCUT2D eigenvalue weighted by Crippen LogP contribution is 2.28. The number of hydrogen-bond acceptors (Lipinski definition) is 3. The Bertz CT molecular complexity index is 506. The van der Waals surface area contributed by atoms with Gasteiger partial charge in [-0.25, -0.2) is 0 Å². The van der Waals surface area contributed by atoms with Crippen LogP contribution in [-0.4, -0.2) is 38.5 Å². The Balaban J connectivity index is 1.67. The van der Waals surface area contributed by atoms with Crippen molar-refractivity contribution in [2.24, 2.45) is 10.9 Å². The molecule has 2 rings (SSSR count). The maximum absolute atomic E-state index is 11.5. The molecule has 0 radical (unpaired) electrons. The molecule has 0 bridgehead atoms. The molecule has 0 aliphatic heterocycles. The number of carbonyl (C=O) groups excluding carboxylic acids is 1. The molecular formula is C16H26N4OS. The molecule has 22 heavy (non-hydrogen) atoms. The number of amides is 1. The molecule has 6 heteroatoms. The van der Waals surface area contributed by atoms with E-state index in [9.17, 15) is 4.79 Å². The molecule has 3 N–H and O–H groups in total. The summed E-state index contributed by atoms with van der Waals surface area (Å²) in [6.45, 7) is 6.55. The largest absolute Gasteiger partial charge is 0.356 e. The van der Waals surface area contributed by atoms with Gasteiger partial charge in [-0.05, 0) is 24.3 Å². The van der Waals surface area contributed by atoms with Gasteiger partial charge >= 0.3 is 0 Å². The second-order valence-electron chi connectivity index (χ2n) is 6.28. The second-order valence-corrected chi connectivity index (χ2v) is 7.23. The zero-order valence-corrected chi connectivity index (χ0v) is 14.4. The summed E-state index contributed by atoms with van der Waals surface area (Å²) in [5.74, 6) is 1.22. The second kappa shape index (κ2) is 7.63. The van der Waals surface area contributed by atoms with E-state index in [1.54, 1.807) is 18.4 Å². The van der Waals surface area contributed by atoms with Crippen molar-refractivity contribution in [1.82, 2.24) is 16.0 Å². The van der Waals surface area contributed by atoms with Crippen molar-refractivity contribution in [2.75, 3.05) is 26.7 Å². The zero-order chi connectivity index (χ0) is 16.0. The highest BCUT2D eigenvalue weighted by Gasteiger charge is 2.29. The van der Waals surface area contributed by atoms with Crippen LogP contribution in [-0.2, 0) is 10.2 Å². The van der Waals surface area contributed by atoms with E-state index in [4.69, 9.17) is 0 Å². The van der Waals surface area contributed by atoms with Crippen LogP contribution in [0.5, 0.6) is 0 Å². The first-order valence-electron chi connectivity index (χ1n) is 7.79. The summed E-state index contributed by atoms with van der Waals surface area (Å²) in [5.41, 5.74) is 0.0615. The monoisotopic (exact) mass is 322 g/mol. The average Bonchev–Trinajstić information content (AvgIpc) is 3.20. The fraction of sp³-hybridized carbons (Fsp3) is 0.625. The standard InChI is InChI=1S/C16H26N4OS/c1-16(2,13-5-4-10-22-13)11-20-15(17-3)19-9-8-18-14(21)12-6-7-12/h4-5,10,12H,6-9,11H2,1-3H3,(H,18,21)(H2,17,19,20). The van der Waals surface area contributed by atoms with Crippen LogP contribution in [0.15, 0.2) is 22.5 Å². The zero-order valence-electron chi connectivity index (χ0n) is 13.6. The van der Waals surface area contributed by atoms with Crippen molar-refractivity contribution in [3.05, 3.63) is 22.4 Å². The Labute approximate surface area is 136 Å². The molecule has 1 aromatic heterocycles. The van der Waals surface area contributed by atoms with Gasteiger partial charge in [0, 0.05) is 42.9 Å². The third-order valence-corrected chi connectivity index (χ3v) is 5.01. The topological polar surface area (TPSA) is 65.5 Å². The van der Waals surface area contributed by atoms with Gasteiger partial charge < -0.3 is 16.0 Å². The van der Waals surface area contributed by atoms with Crippen LogP contribution in [0.25, 0.3) is 0 Å². The van der Waals surface area contributed by atoms with E-state index in [0.29, 0.717) is 13.1 Å². The fourth-order valence-corrected chi connectivity index (χ4v) is 2.98. The van der Waals surface area contributed by atoms with Gasteiger partial charge in [-0.15, -0.1) is 11.3 Å². The van der Waals surface area contributed by atoms with Gasteiger partial charge in [-0.2, -0.15) is 0 Å².